The Kier molecular flexibility index (Phi) is 3.25. The van der Waals surface area contributed by atoms with Crippen LogP contribution in [0.2, 0.25) is 5.15 Å². The molecule has 7 heteroatoms. The maximum absolute atomic E-state index is 5.95. The molecule has 1 unspecified atom stereocenters. The Hall–Kier alpha value is -1.82. The smallest absolute Gasteiger partial charge is 0.223 e. The third-order valence-electron chi connectivity index (χ3n) is 3.35. The Balaban J connectivity index is 1.82. The van der Waals surface area contributed by atoms with Gasteiger partial charge in [0.1, 0.15) is 11.0 Å². The van der Waals surface area contributed by atoms with E-state index in [2.05, 4.69) is 24.4 Å². The van der Waals surface area contributed by atoms with Crippen molar-refractivity contribution in [1.82, 2.24) is 19.5 Å². The average Bonchev–Trinajstić information content (AvgIpc) is 2.99. The van der Waals surface area contributed by atoms with Gasteiger partial charge in [-0.3, -0.25) is 0 Å². The molecule has 0 bridgehead atoms. The van der Waals surface area contributed by atoms with Crippen molar-refractivity contribution in [2.45, 2.75) is 25.4 Å². The topological polar surface area (TPSA) is 72.9 Å². The van der Waals surface area contributed by atoms with Crippen LogP contribution in [0.4, 0.5) is 11.8 Å². The Labute approximate surface area is 116 Å². The minimum absolute atomic E-state index is 0.218. The molecule has 0 aliphatic carbocycles. The Morgan fingerprint density at radius 3 is 3.05 bits per heavy atom. The van der Waals surface area contributed by atoms with Crippen LogP contribution in [0.15, 0.2) is 24.8 Å². The molecule has 1 aliphatic heterocycles. The van der Waals surface area contributed by atoms with Crippen LogP contribution in [0.3, 0.4) is 0 Å². The molecule has 3 rings (SSSR count). The van der Waals surface area contributed by atoms with Crippen LogP contribution < -0.4 is 10.6 Å². The van der Waals surface area contributed by atoms with Gasteiger partial charge in [-0.2, -0.15) is 4.98 Å². The van der Waals surface area contributed by atoms with E-state index in [0.29, 0.717) is 11.2 Å². The molecular formula is C12H15ClN6. The predicted octanol–water partition coefficient (Wildman–Crippen LogP) is 1.58. The maximum atomic E-state index is 5.95. The number of hydrogen-bond donors (Lipinski definition) is 1. The number of nitrogens with two attached hydrogens (primary N) is 1. The molecule has 1 atom stereocenters. The largest absolute Gasteiger partial charge is 0.368 e. The van der Waals surface area contributed by atoms with E-state index in [4.69, 9.17) is 17.3 Å². The molecule has 0 spiro atoms. The summed E-state index contributed by atoms with van der Waals surface area (Å²) in [5.41, 5.74) is 5.66. The lowest BCUT2D eigenvalue weighted by Crippen LogP contribution is -2.33. The van der Waals surface area contributed by atoms with Crippen LogP contribution in [-0.2, 0) is 6.54 Å². The minimum atomic E-state index is 0.218. The predicted molar refractivity (Wildman–Crippen MR) is 74.0 cm³/mol. The molecule has 3 heterocycles. The lowest BCUT2D eigenvalue weighted by Gasteiger charge is -2.26. The number of nitrogens with zero attached hydrogens (tertiary/aromatic N) is 5. The molecule has 0 aromatic carbocycles. The van der Waals surface area contributed by atoms with Crippen LogP contribution in [0.25, 0.3) is 0 Å². The number of rotatable bonds is 3. The summed E-state index contributed by atoms with van der Waals surface area (Å²) < 4.78 is 2.08. The number of aromatic nitrogens is 4. The standard InChI is InChI=1S/C12H15ClN6/c13-10-6-11(17-12(14)16-10)19-4-1-2-9(19)7-18-5-3-15-8-18/h3,5-6,8-9H,1-2,4,7H2,(H2,14,16,17). The van der Waals surface area contributed by atoms with Gasteiger partial charge in [-0.15, -0.1) is 0 Å². The van der Waals surface area contributed by atoms with E-state index in [0.717, 1.165) is 31.7 Å². The molecule has 100 valence electrons. The van der Waals surface area contributed by atoms with Crippen molar-refractivity contribution in [3.63, 3.8) is 0 Å². The summed E-state index contributed by atoms with van der Waals surface area (Å²) in [6.07, 6.45) is 7.86. The second kappa shape index (κ2) is 5.05. The Morgan fingerprint density at radius 2 is 2.32 bits per heavy atom. The number of imidazole rings is 1. The number of hydrogen-bond acceptors (Lipinski definition) is 5. The molecule has 0 saturated carbocycles. The molecule has 6 nitrogen and oxygen atoms in total. The molecule has 1 saturated heterocycles. The zero-order valence-electron chi connectivity index (χ0n) is 10.4. The van der Waals surface area contributed by atoms with Crippen LogP contribution in [0.5, 0.6) is 0 Å². The molecule has 1 fully saturated rings. The number of nitrogen functional groups attached to an aromatic ring is 1. The minimum Gasteiger partial charge on any atom is -0.368 e. The van der Waals surface area contributed by atoms with E-state index in [9.17, 15) is 0 Å². The first kappa shape index (κ1) is 12.2. The van der Waals surface area contributed by atoms with Gasteiger partial charge in [-0.05, 0) is 12.8 Å². The normalized spacial score (nSPS) is 19.0. The lowest BCUT2D eigenvalue weighted by molar-refractivity contribution is 0.547. The number of anilines is 2. The first-order chi connectivity index (χ1) is 9.22. The second-order valence-corrected chi connectivity index (χ2v) is 5.04. The highest BCUT2D eigenvalue weighted by Gasteiger charge is 2.26. The van der Waals surface area contributed by atoms with Crippen molar-refractivity contribution in [1.29, 1.82) is 0 Å². The highest BCUT2D eigenvalue weighted by atomic mass is 35.5. The fourth-order valence-corrected chi connectivity index (χ4v) is 2.72. The van der Waals surface area contributed by atoms with Gasteiger partial charge in [-0.1, -0.05) is 11.6 Å². The number of halogens is 1. The molecule has 0 radical (unpaired) electrons. The molecule has 2 N–H and O–H groups in total. The van der Waals surface area contributed by atoms with Crippen molar-refractivity contribution < 1.29 is 0 Å². The van der Waals surface area contributed by atoms with Gasteiger partial charge in [0.25, 0.3) is 0 Å². The molecule has 2 aromatic rings. The van der Waals surface area contributed by atoms with Crippen LogP contribution in [-0.4, -0.2) is 32.1 Å². The van der Waals surface area contributed by atoms with E-state index in [1.807, 2.05) is 12.5 Å². The quantitative estimate of drug-likeness (QED) is 0.863. The molecule has 19 heavy (non-hydrogen) atoms. The zero-order chi connectivity index (χ0) is 13.2. The summed E-state index contributed by atoms with van der Waals surface area (Å²) >= 11 is 5.95. The third-order valence-corrected chi connectivity index (χ3v) is 3.54. The van der Waals surface area contributed by atoms with Crippen molar-refractivity contribution in [3.05, 3.63) is 29.9 Å². The fraction of sp³-hybridized carbons (Fsp3) is 0.417. The van der Waals surface area contributed by atoms with E-state index < -0.39 is 0 Å². The summed E-state index contributed by atoms with van der Waals surface area (Å²) in [6.45, 7) is 1.85. The molecular weight excluding hydrogens is 264 g/mol. The summed E-state index contributed by atoms with van der Waals surface area (Å²) in [5, 5.41) is 0.385. The van der Waals surface area contributed by atoms with E-state index in [1.54, 1.807) is 12.3 Å². The summed E-state index contributed by atoms with van der Waals surface area (Å²) in [5.74, 6) is 1.02. The van der Waals surface area contributed by atoms with Crippen molar-refractivity contribution in [2.75, 3.05) is 17.2 Å². The first-order valence-electron chi connectivity index (χ1n) is 6.25. The Bertz CT molecular complexity index is 535. The van der Waals surface area contributed by atoms with Crippen LogP contribution in [0, 0.1) is 0 Å². The second-order valence-electron chi connectivity index (χ2n) is 4.66. The zero-order valence-corrected chi connectivity index (χ0v) is 11.2. The maximum Gasteiger partial charge on any atom is 0.223 e. The van der Waals surface area contributed by atoms with Gasteiger partial charge in [0.05, 0.1) is 6.33 Å². The van der Waals surface area contributed by atoms with Gasteiger partial charge < -0.3 is 15.2 Å². The molecule has 0 amide bonds. The third kappa shape index (κ3) is 2.63. The van der Waals surface area contributed by atoms with Crippen LogP contribution in [0.1, 0.15) is 12.8 Å². The Morgan fingerprint density at radius 1 is 1.42 bits per heavy atom. The van der Waals surface area contributed by atoms with E-state index in [-0.39, 0.29) is 5.95 Å². The van der Waals surface area contributed by atoms with Gasteiger partial charge in [0, 0.05) is 37.6 Å². The van der Waals surface area contributed by atoms with E-state index >= 15 is 0 Å². The van der Waals surface area contributed by atoms with Crippen molar-refractivity contribution >= 4 is 23.4 Å². The fourth-order valence-electron chi connectivity index (χ4n) is 2.54. The highest BCUT2D eigenvalue weighted by molar-refractivity contribution is 6.29. The van der Waals surface area contributed by atoms with E-state index in [1.165, 1.54) is 0 Å². The van der Waals surface area contributed by atoms with Gasteiger partial charge >= 0.3 is 0 Å². The molecule has 2 aromatic heterocycles. The first-order valence-corrected chi connectivity index (χ1v) is 6.62. The highest BCUT2D eigenvalue weighted by Crippen LogP contribution is 2.26. The van der Waals surface area contributed by atoms with Crippen molar-refractivity contribution in [3.8, 4) is 0 Å². The molecule has 1 aliphatic rings. The summed E-state index contributed by atoms with van der Waals surface area (Å²) in [4.78, 5) is 14.5. The SMILES string of the molecule is Nc1nc(Cl)cc(N2CCCC2Cn2ccnc2)n1. The van der Waals surface area contributed by atoms with Crippen molar-refractivity contribution in [2.24, 2.45) is 0 Å². The lowest BCUT2D eigenvalue weighted by atomic mass is 10.2. The summed E-state index contributed by atoms with van der Waals surface area (Å²) in [7, 11) is 0. The van der Waals surface area contributed by atoms with Gasteiger partial charge in [0.15, 0.2) is 0 Å². The van der Waals surface area contributed by atoms with Gasteiger partial charge in [-0.25, -0.2) is 9.97 Å². The monoisotopic (exact) mass is 278 g/mol. The summed E-state index contributed by atoms with van der Waals surface area (Å²) in [6, 6.07) is 2.16. The van der Waals surface area contributed by atoms with Crippen LogP contribution >= 0.6 is 11.6 Å². The van der Waals surface area contributed by atoms with Gasteiger partial charge in [0.2, 0.25) is 5.95 Å². The average molecular weight is 279 g/mol.